The van der Waals surface area contributed by atoms with Crippen molar-refractivity contribution in [1.29, 1.82) is 0 Å². The molecule has 8 atom stereocenters. The molecule has 2 bridgehead atoms. The maximum atomic E-state index is 14.8. The van der Waals surface area contributed by atoms with Crippen molar-refractivity contribution in [3.05, 3.63) is 90.5 Å². The molecule has 3 fully saturated rings. The number of anilines is 1. The van der Waals surface area contributed by atoms with Gasteiger partial charge in [-0.1, -0.05) is 82.1 Å². The maximum Gasteiger partial charge on any atom is 0.313 e. The third-order valence-corrected chi connectivity index (χ3v) is 11.0. The topological polar surface area (TPSA) is 135 Å². The van der Waals surface area contributed by atoms with Crippen LogP contribution in [0.2, 0.25) is 5.02 Å². The van der Waals surface area contributed by atoms with Gasteiger partial charge in [0.15, 0.2) is 0 Å². The largest absolute Gasteiger partial charge is 0.455 e. The van der Waals surface area contributed by atoms with Crippen molar-refractivity contribution in [2.45, 2.75) is 66.8 Å². The number of hydrogen-bond acceptors (Lipinski definition) is 8. The van der Waals surface area contributed by atoms with Crippen LogP contribution in [0.1, 0.15) is 43.8 Å². The molecule has 1 unspecified atom stereocenters. The zero-order valence-electron chi connectivity index (χ0n) is 28.6. The van der Waals surface area contributed by atoms with E-state index in [-0.39, 0.29) is 43.5 Å². The van der Waals surface area contributed by atoms with Gasteiger partial charge in [-0.15, -0.1) is 13.2 Å². The minimum absolute atomic E-state index is 0.0427. The van der Waals surface area contributed by atoms with Gasteiger partial charge in [0.2, 0.25) is 11.8 Å². The molecule has 11 nitrogen and oxygen atoms in total. The van der Waals surface area contributed by atoms with Crippen LogP contribution < -0.4 is 10.2 Å². The summed E-state index contributed by atoms with van der Waals surface area (Å²) >= 11 is 10.3. The highest BCUT2D eigenvalue weighted by Crippen LogP contribution is 2.60. The van der Waals surface area contributed by atoms with Crippen molar-refractivity contribution >= 4 is 56.9 Å². The Balaban J connectivity index is 1.52. The Morgan fingerprint density at radius 2 is 1.88 bits per heavy atom. The zero-order chi connectivity index (χ0) is 36.7. The first kappa shape index (κ1) is 38.7. The molecule has 2 aromatic carbocycles. The molecule has 0 saturated carbocycles. The first-order chi connectivity index (χ1) is 24.6. The Labute approximate surface area is 312 Å². The molecule has 0 radical (unpaired) electrons. The van der Waals surface area contributed by atoms with Crippen LogP contribution in [0, 0.1) is 11.8 Å². The van der Waals surface area contributed by atoms with E-state index in [1.54, 1.807) is 60.7 Å². The third-order valence-electron chi connectivity index (χ3n) is 9.83. The van der Waals surface area contributed by atoms with E-state index in [4.69, 9.17) is 25.8 Å². The Morgan fingerprint density at radius 3 is 2.55 bits per heavy atom. The SMILES string of the molecule is C=CCCC(=O)N[C@H](COC)[C@H](OC(=O)[C@H]1[C@@H]2O[C@@]3(CC2Br)[C@@H]1C(=O)N(CCCCO)[C@@H]3C(=O)N(CC=C)c1ccccc1Cl)c1ccccc1. The van der Waals surface area contributed by atoms with Gasteiger partial charge in [-0.3, -0.25) is 19.2 Å². The van der Waals surface area contributed by atoms with Crippen LogP contribution in [0.3, 0.4) is 0 Å². The lowest BCUT2D eigenvalue weighted by Gasteiger charge is -2.37. The summed E-state index contributed by atoms with van der Waals surface area (Å²) in [4.78, 5) is 59.4. The normalized spacial score (nSPS) is 25.9. The van der Waals surface area contributed by atoms with E-state index < -0.39 is 59.5 Å². The summed E-state index contributed by atoms with van der Waals surface area (Å²) in [5.74, 6) is -3.84. The third kappa shape index (κ3) is 7.80. The number of hydrogen-bond donors (Lipinski definition) is 2. The van der Waals surface area contributed by atoms with Gasteiger partial charge in [0, 0.05) is 38.1 Å². The number of esters is 1. The minimum atomic E-state index is -1.36. The molecule has 3 aliphatic heterocycles. The number of carbonyl (C=O) groups is 4. The first-order valence-corrected chi connectivity index (χ1v) is 18.5. The number of nitrogens with zero attached hydrogens (tertiary/aromatic N) is 2. The average molecular weight is 787 g/mol. The molecule has 13 heteroatoms. The number of carbonyl (C=O) groups excluding carboxylic acids is 4. The van der Waals surface area contributed by atoms with Gasteiger partial charge in [0.05, 0.1) is 41.3 Å². The van der Waals surface area contributed by atoms with E-state index >= 15 is 0 Å². The standard InChI is InChI=1S/C38H45BrClN3O8/c1-4-6-18-29(45)41-27(23-49-3)32(24-14-8-7-9-15-24)50-37(48)30-31-35(46)43(20-12-13-21-44)34(38(31)22-25(39)33(30)51-38)36(47)42(19-5-2)28-17-11-10-16-26(28)40/h4-5,7-11,14-17,25,27,30-34,44H,1-2,6,12-13,18-23H2,3H3,(H,41,45)/t25?,27-,30-,31+,32-,33-,34-,38+/m1/s1. The first-order valence-electron chi connectivity index (χ1n) is 17.2. The number of amides is 3. The smallest absolute Gasteiger partial charge is 0.313 e. The monoisotopic (exact) mass is 785 g/mol. The van der Waals surface area contributed by atoms with E-state index in [2.05, 4.69) is 34.4 Å². The van der Waals surface area contributed by atoms with Crippen LogP contribution in [-0.4, -0.2) is 95.7 Å². The van der Waals surface area contributed by atoms with Crippen LogP contribution in [0.4, 0.5) is 5.69 Å². The van der Waals surface area contributed by atoms with E-state index in [0.717, 1.165) is 0 Å². The lowest BCUT2D eigenvalue weighted by molar-refractivity contribution is -0.163. The number of likely N-dealkylation sites (tertiary alicyclic amines) is 1. The summed E-state index contributed by atoms with van der Waals surface area (Å²) in [6.07, 6.45) is 3.30. The summed E-state index contributed by atoms with van der Waals surface area (Å²) in [5, 5.41) is 12.9. The van der Waals surface area contributed by atoms with Crippen LogP contribution in [-0.2, 0) is 33.4 Å². The van der Waals surface area contributed by atoms with Crippen molar-refractivity contribution in [2.75, 3.05) is 38.3 Å². The molecule has 3 aliphatic rings. The molecular weight excluding hydrogens is 742 g/mol. The fourth-order valence-corrected chi connectivity index (χ4v) is 8.87. The molecule has 5 rings (SSSR count). The van der Waals surface area contributed by atoms with Crippen LogP contribution >= 0.6 is 27.5 Å². The summed E-state index contributed by atoms with van der Waals surface area (Å²) < 4.78 is 18.5. The van der Waals surface area contributed by atoms with Crippen LogP contribution in [0.5, 0.6) is 0 Å². The highest BCUT2D eigenvalue weighted by molar-refractivity contribution is 9.09. The Kier molecular flexibility index (Phi) is 13.1. The van der Waals surface area contributed by atoms with Gasteiger partial charge in [-0.25, -0.2) is 0 Å². The Morgan fingerprint density at radius 1 is 1.16 bits per heavy atom. The summed E-state index contributed by atoms with van der Waals surface area (Å²) in [5.41, 5.74) is -0.276. The summed E-state index contributed by atoms with van der Waals surface area (Å²) in [6, 6.07) is 14.1. The lowest BCUT2D eigenvalue weighted by Crippen LogP contribution is -2.57. The number of alkyl halides is 1. The van der Waals surface area contributed by atoms with Crippen LogP contribution in [0.15, 0.2) is 79.9 Å². The number of benzene rings is 2. The zero-order valence-corrected chi connectivity index (χ0v) is 31.0. The van der Waals surface area contributed by atoms with Crippen molar-refractivity contribution in [3.8, 4) is 0 Å². The summed E-state index contributed by atoms with van der Waals surface area (Å²) in [7, 11) is 1.49. The molecular formula is C38H45BrClN3O8. The van der Waals surface area contributed by atoms with Crippen molar-refractivity contribution < 1.29 is 38.5 Å². The number of allylic oxidation sites excluding steroid dienone is 1. The number of para-hydroxylation sites is 1. The molecule has 0 aromatic heterocycles. The van der Waals surface area contributed by atoms with E-state index in [1.165, 1.54) is 16.9 Å². The van der Waals surface area contributed by atoms with Crippen molar-refractivity contribution in [2.24, 2.45) is 11.8 Å². The number of aliphatic hydroxyl groups excluding tert-OH is 1. The quantitative estimate of drug-likeness (QED) is 0.0957. The van der Waals surface area contributed by atoms with Gasteiger partial charge in [0.25, 0.3) is 5.91 Å². The molecule has 0 aliphatic carbocycles. The highest BCUT2D eigenvalue weighted by Gasteiger charge is 2.77. The van der Waals surface area contributed by atoms with Gasteiger partial charge >= 0.3 is 5.97 Å². The molecule has 274 valence electrons. The van der Waals surface area contributed by atoms with E-state index in [9.17, 15) is 24.3 Å². The molecule has 3 heterocycles. The van der Waals surface area contributed by atoms with Gasteiger partial charge in [-0.05, 0) is 43.4 Å². The number of methoxy groups -OCH3 is 1. The highest BCUT2D eigenvalue weighted by atomic mass is 79.9. The number of ether oxygens (including phenoxy) is 3. The maximum absolute atomic E-state index is 14.8. The van der Waals surface area contributed by atoms with E-state index in [1.807, 2.05) is 6.07 Å². The molecule has 3 amide bonds. The number of fused-ring (bicyclic) bond motifs is 1. The minimum Gasteiger partial charge on any atom is -0.455 e. The van der Waals surface area contributed by atoms with E-state index in [0.29, 0.717) is 42.0 Å². The summed E-state index contributed by atoms with van der Waals surface area (Å²) in [6.45, 7) is 7.77. The number of rotatable bonds is 18. The fraction of sp³-hybridized carbons (Fsp3) is 0.474. The molecule has 51 heavy (non-hydrogen) atoms. The average Bonchev–Trinajstić information content (AvgIpc) is 3.72. The number of aliphatic hydroxyl groups is 1. The second-order valence-electron chi connectivity index (χ2n) is 13.0. The number of nitrogens with one attached hydrogen (secondary N) is 1. The van der Waals surface area contributed by atoms with Gasteiger partial charge in [-0.2, -0.15) is 0 Å². The number of halogens is 2. The van der Waals surface area contributed by atoms with Crippen LogP contribution in [0.25, 0.3) is 0 Å². The lowest BCUT2D eigenvalue weighted by atomic mass is 9.70. The molecule has 1 spiro atoms. The second kappa shape index (κ2) is 17.3. The number of unbranched alkanes of at least 4 members (excludes halogenated alkanes) is 1. The molecule has 3 saturated heterocycles. The molecule has 2 aromatic rings. The second-order valence-corrected chi connectivity index (χ2v) is 14.6. The Bertz CT molecular complexity index is 1600. The predicted octanol–water partition coefficient (Wildman–Crippen LogP) is 4.76. The van der Waals surface area contributed by atoms with Crippen molar-refractivity contribution in [1.82, 2.24) is 10.2 Å². The van der Waals surface area contributed by atoms with Gasteiger partial charge < -0.3 is 34.4 Å². The predicted molar refractivity (Wildman–Crippen MR) is 196 cm³/mol. The van der Waals surface area contributed by atoms with Gasteiger partial charge in [0.1, 0.15) is 17.7 Å². The molecule has 2 N–H and O–H groups in total. The Hall–Kier alpha value is -3.55. The fourth-order valence-electron chi connectivity index (χ4n) is 7.69. The van der Waals surface area contributed by atoms with Crippen molar-refractivity contribution in [3.63, 3.8) is 0 Å².